The summed E-state index contributed by atoms with van der Waals surface area (Å²) in [6.45, 7) is 4.12. The molecule has 0 saturated carbocycles. The Kier molecular flexibility index (Phi) is 5.17. The maximum absolute atomic E-state index is 5.36. The number of nitrogens with one attached hydrogen (secondary N) is 2. The number of aryl methyl sites for hydroxylation is 1. The highest BCUT2D eigenvalue weighted by Crippen LogP contribution is 2.19. The molecule has 1 atom stereocenters. The minimum atomic E-state index is 0.102. The van der Waals surface area contributed by atoms with Gasteiger partial charge in [0.15, 0.2) is 5.11 Å². The van der Waals surface area contributed by atoms with E-state index in [2.05, 4.69) is 42.7 Å². The minimum Gasteiger partial charge on any atom is -0.497 e. The molecule has 0 spiro atoms. The Balaban J connectivity index is 1.98. The van der Waals surface area contributed by atoms with Crippen molar-refractivity contribution in [3.63, 3.8) is 0 Å². The van der Waals surface area contributed by atoms with Gasteiger partial charge in [-0.25, -0.2) is 0 Å². The zero-order chi connectivity index (χ0) is 15.2. The van der Waals surface area contributed by atoms with E-state index in [1.807, 2.05) is 30.3 Å². The Morgan fingerprint density at radius 2 is 1.90 bits per heavy atom. The third-order valence-corrected chi connectivity index (χ3v) is 3.44. The highest BCUT2D eigenvalue weighted by molar-refractivity contribution is 7.80. The van der Waals surface area contributed by atoms with E-state index in [1.165, 1.54) is 5.56 Å². The third-order valence-electron chi connectivity index (χ3n) is 3.22. The highest BCUT2D eigenvalue weighted by Gasteiger charge is 2.08. The summed E-state index contributed by atoms with van der Waals surface area (Å²) in [5.41, 5.74) is 3.32. The minimum absolute atomic E-state index is 0.102. The Morgan fingerprint density at radius 1 is 1.14 bits per heavy atom. The van der Waals surface area contributed by atoms with Crippen LogP contribution in [0.25, 0.3) is 0 Å². The molecule has 2 rings (SSSR count). The van der Waals surface area contributed by atoms with Crippen LogP contribution in [0.4, 0.5) is 5.69 Å². The molecule has 21 heavy (non-hydrogen) atoms. The molecule has 2 N–H and O–H groups in total. The van der Waals surface area contributed by atoms with Crippen LogP contribution in [-0.2, 0) is 0 Å². The molecule has 0 fully saturated rings. The third kappa shape index (κ3) is 4.46. The number of hydrogen-bond donors (Lipinski definition) is 2. The summed E-state index contributed by atoms with van der Waals surface area (Å²) in [6.07, 6.45) is 0. The van der Waals surface area contributed by atoms with Gasteiger partial charge < -0.3 is 15.4 Å². The van der Waals surface area contributed by atoms with Gasteiger partial charge in [-0.3, -0.25) is 0 Å². The lowest BCUT2D eigenvalue weighted by Gasteiger charge is -2.18. The average Bonchev–Trinajstić information content (AvgIpc) is 2.47. The lowest BCUT2D eigenvalue weighted by atomic mass is 10.1. The Hall–Kier alpha value is -2.07. The van der Waals surface area contributed by atoms with E-state index in [9.17, 15) is 0 Å². The van der Waals surface area contributed by atoms with Crippen LogP contribution in [-0.4, -0.2) is 12.2 Å². The molecule has 0 saturated heterocycles. The summed E-state index contributed by atoms with van der Waals surface area (Å²) in [4.78, 5) is 0. The van der Waals surface area contributed by atoms with E-state index in [1.54, 1.807) is 7.11 Å². The van der Waals surface area contributed by atoms with E-state index in [-0.39, 0.29) is 6.04 Å². The molecule has 0 amide bonds. The number of thiocarbonyl (C=S) groups is 1. The van der Waals surface area contributed by atoms with E-state index in [0.29, 0.717) is 5.11 Å². The van der Waals surface area contributed by atoms with E-state index in [0.717, 1.165) is 17.0 Å². The molecule has 0 bridgehead atoms. The average molecular weight is 300 g/mol. The molecule has 0 heterocycles. The monoisotopic (exact) mass is 300 g/mol. The second-order valence-electron chi connectivity index (χ2n) is 4.97. The van der Waals surface area contributed by atoms with E-state index >= 15 is 0 Å². The quantitative estimate of drug-likeness (QED) is 0.835. The predicted molar refractivity (Wildman–Crippen MR) is 91.9 cm³/mol. The van der Waals surface area contributed by atoms with Gasteiger partial charge in [0.1, 0.15) is 5.75 Å². The molecular formula is C17H20N2OS. The smallest absolute Gasteiger partial charge is 0.171 e. The zero-order valence-electron chi connectivity index (χ0n) is 12.5. The Bertz CT molecular complexity index is 628. The maximum atomic E-state index is 5.36. The van der Waals surface area contributed by atoms with Crippen molar-refractivity contribution in [3.8, 4) is 5.75 Å². The summed E-state index contributed by atoms with van der Waals surface area (Å²) >= 11 is 5.36. The first-order chi connectivity index (χ1) is 10.1. The van der Waals surface area contributed by atoms with Crippen molar-refractivity contribution in [2.24, 2.45) is 0 Å². The number of methoxy groups -OCH3 is 1. The van der Waals surface area contributed by atoms with Gasteiger partial charge >= 0.3 is 0 Å². The number of hydrogen-bond acceptors (Lipinski definition) is 2. The van der Waals surface area contributed by atoms with E-state index in [4.69, 9.17) is 17.0 Å². The number of benzene rings is 2. The van der Waals surface area contributed by atoms with Crippen molar-refractivity contribution < 1.29 is 4.74 Å². The molecule has 0 aliphatic carbocycles. The van der Waals surface area contributed by atoms with Gasteiger partial charge in [0.2, 0.25) is 0 Å². The van der Waals surface area contributed by atoms with Crippen LogP contribution in [0.1, 0.15) is 24.1 Å². The summed E-state index contributed by atoms with van der Waals surface area (Å²) in [7, 11) is 1.67. The first kappa shape index (κ1) is 15.3. The predicted octanol–water partition coefficient (Wildman–Crippen LogP) is 4.05. The molecule has 110 valence electrons. The second-order valence-corrected chi connectivity index (χ2v) is 5.37. The lowest BCUT2D eigenvalue weighted by Crippen LogP contribution is -2.30. The van der Waals surface area contributed by atoms with Crippen molar-refractivity contribution in [2.75, 3.05) is 12.4 Å². The van der Waals surface area contributed by atoms with Crippen LogP contribution in [0, 0.1) is 6.92 Å². The summed E-state index contributed by atoms with van der Waals surface area (Å²) in [5, 5.41) is 7.09. The topological polar surface area (TPSA) is 33.3 Å². The van der Waals surface area contributed by atoms with Gasteiger partial charge in [-0.15, -0.1) is 0 Å². The number of ether oxygens (including phenoxy) is 1. The molecule has 2 aromatic carbocycles. The van der Waals surface area contributed by atoms with Crippen molar-refractivity contribution >= 4 is 23.0 Å². The molecule has 2 aromatic rings. The zero-order valence-corrected chi connectivity index (χ0v) is 13.3. The van der Waals surface area contributed by atoms with Crippen molar-refractivity contribution in [1.82, 2.24) is 5.32 Å². The van der Waals surface area contributed by atoms with Gasteiger partial charge in [-0.05, 0) is 61.5 Å². The van der Waals surface area contributed by atoms with Crippen molar-refractivity contribution in [1.29, 1.82) is 0 Å². The van der Waals surface area contributed by atoms with Gasteiger partial charge in [0, 0.05) is 5.69 Å². The van der Waals surface area contributed by atoms with Crippen LogP contribution in [0.15, 0.2) is 48.5 Å². The normalized spacial score (nSPS) is 11.6. The van der Waals surface area contributed by atoms with Gasteiger partial charge in [-0.2, -0.15) is 0 Å². The molecule has 1 unspecified atom stereocenters. The number of rotatable bonds is 4. The second kappa shape index (κ2) is 7.09. The van der Waals surface area contributed by atoms with Gasteiger partial charge in [-0.1, -0.05) is 24.3 Å². The maximum Gasteiger partial charge on any atom is 0.171 e. The lowest BCUT2D eigenvalue weighted by molar-refractivity contribution is 0.413. The van der Waals surface area contributed by atoms with Gasteiger partial charge in [0.25, 0.3) is 0 Å². The summed E-state index contributed by atoms with van der Waals surface area (Å²) in [6, 6.07) is 16.2. The molecule has 0 aliphatic rings. The molecular weight excluding hydrogens is 280 g/mol. The highest BCUT2D eigenvalue weighted by atomic mass is 32.1. The standard InChI is InChI=1S/C17H20N2OS/c1-12-6-4-8-15(10-12)19-17(21)18-13(2)14-7-5-9-16(11-14)20-3/h4-11,13H,1-3H3,(H2,18,19,21). The first-order valence-corrected chi connectivity index (χ1v) is 7.27. The Labute approximate surface area is 131 Å². The fourth-order valence-corrected chi connectivity index (χ4v) is 2.38. The van der Waals surface area contributed by atoms with Crippen LogP contribution in [0.5, 0.6) is 5.75 Å². The van der Waals surface area contributed by atoms with Crippen molar-refractivity contribution in [2.45, 2.75) is 19.9 Å². The largest absolute Gasteiger partial charge is 0.497 e. The molecule has 3 nitrogen and oxygen atoms in total. The first-order valence-electron chi connectivity index (χ1n) is 6.86. The summed E-state index contributed by atoms with van der Waals surface area (Å²) in [5.74, 6) is 0.846. The fourth-order valence-electron chi connectivity index (χ4n) is 2.08. The van der Waals surface area contributed by atoms with Crippen LogP contribution >= 0.6 is 12.2 Å². The van der Waals surface area contributed by atoms with Crippen molar-refractivity contribution in [3.05, 3.63) is 59.7 Å². The van der Waals surface area contributed by atoms with E-state index < -0.39 is 0 Å². The number of anilines is 1. The molecule has 0 radical (unpaired) electrons. The van der Waals surface area contributed by atoms with Crippen LogP contribution < -0.4 is 15.4 Å². The SMILES string of the molecule is COc1cccc(C(C)NC(=S)Nc2cccc(C)c2)c1. The molecule has 0 aromatic heterocycles. The summed E-state index contributed by atoms with van der Waals surface area (Å²) < 4.78 is 5.24. The van der Waals surface area contributed by atoms with Gasteiger partial charge in [0.05, 0.1) is 13.2 Å². The fraction of sp³-hybridized carbons (Fsp3) is 0.235. The molecule has 4 heteroatoms. The van der Waals surface area contributed by atoms with Crippen LogP contribution in [0.2, 0.25) is 0 Å². The Morgan fingerprint density at radius 3 is 2.62 bits per heavy atom. The van der Waals surface area contributed by atoms with Crippen LogP contribution in [0.3, 0.4) is 0 Å². The molecule has 0 aliphatic heterocycles.